The number of aromatic nitrogens is 2. The lowest BCUT2D eigenvalue weighted by Gasteiger charge is -2.31. The van der Waals surface area contributed by atoms with Gasteiger partial charge in [0.1, 0.15) is 0 Å². The fraction of sp³-hybridized carbons (Fsp3) is 0.480. The molecule has 1 amide bonds. The third kappa shape index (κ3) is 4.49. The van der Waals surface area contributed by atoms with Gasteiger partial charge in [0.05, 0.1) is 11.2 Å². The maximum absolute atomic E-state index is 12.8. The Balaban J connectivity index is 1.23. The number of fused-ring (bicyclic) bond motifs is 1. The summed E-state index contributed by atoms with van der Waals surface area (Å²) in [5.41, 5.74) is 3.25. The lowest BCUT2D eigenvalue weighted by Crippen LogP contribution is -2.37. The first kappa shape index (κ1) is 20.2. The molecule has 0 radical (unpaired) electrons. The number of benzene rings is 1. The predicted octanol–water partition coefficient (Wildman–Crippen LogP) is 4.47. The van der Waals surface area contributed by atoms with Crippen LogP contribution in [-0.2, 0) is 6.54 Å². The molecule has 4 heterocycles. The van der Waals surface area contributed by atoms with Gasteiger partial charge in [-0.3, -0.25) is 14.7 Å². The fourth-order valence-electron chi connectivity index (χ4n) is 4.87. The van der Waals surface area contributed by atoms with Crippen molar-refractivity contribution in [3.8, 4) is 0 Å². The summed E-state index contributed by atoms with van der Waals surface area (Å²) in [5, 5.41) is 5.48. The maximum atomic E-state index is 12.8. The van der Waals surface area contributed by atoms with Gasteiger partial charge in [0.25, 0.3) is 5.91 Å². The van der Waals surface area contributed by atoms with Crippen molar-refractivity contribution in [2.75, 3.05) is 26.2 Å². The van der Waals surface area contributed by atoms with Crippen molar-refractivity contribution in [3.05, 3.63) is 59.6 Å². The summed E-state index contributed by atoms with van der Waals surface area (Å²) in [6.07, 6.45) is 6.17. The molecule has 0 bridgehead atoms. The third-order valence-corrected chi connectivity index (χ3v) is 6.81. The Bertz CT molecular complexity index is 1050. The Morgan fingerprint density at radius 3 is 2.87 bits per heavy atom. The van der Waals surface area contributed by atoms with Gasteiger partial charge >= 0.3 is 0 Å². The standard InChI is InChI=1S/C25H30N4O2/c1-18-8-12-29(13-9-18)25(30)24-15-23(27-31-24)21-5-3-11-28(17-21)16-19-6-7-22-20(14-19)4-2-10-26-22/h2,4,6-7,10,14-15,18,21H,3,5,8-9,11-13,16-17H2,1H3/t21-/m0/s1. The van der Waals surface area contributed by atoms with E-state index in [0.29, 0.717) is 17.6 Å². The van der Waals surface area contributed by atoms with E-state index in [1.54, 1.807) is 0 Å². The van der Waals surface area contributed by atoms with Gasteiger partial charge in [-0.25, -0.2) is 0 Å². The quantitative estimate of drug-likeness (QED) is 0.625. The van der Waals surface area contributed by atoms with E-state index in [2.05, 4.69) is 46.2 Å². The zero-order chi connectivity index (χ0) is 21.2. The number of piperidine rings is 2. The lowest BCUT2D eigenvalue weighted by atomic mass is 9.94. The van der Waals surface area contributed by atoms with E-state index in [1.165, 1.54) is 10.9 Å². The van der Waals surface area contributed by atoms with Crippen molar-refractivity contribution < 1.29 is 9.32 Å². The minimum Gasteiger partial charge on any atom is -0.351 e. The Hall–Kier alpha value is -2.73. The molecule has 6 nitrogen and oxygen atoms in total. The fourth-order valence-corrected chi connectivity index (χ4v) is 4.87. The zero-order valence-electron chi connectivity index (χ0n) is 18.2. The van der Waals surface area contributed by atoms with E-state index in [4.69, 9.17) is 4.52 Å². The summed E-state index contributed by atoms with van der Waals surface area (Å²) in [4.78, 5) is 21.6. The number of nitrogens with zero attached hydrogens (tertiary/aromatic N) is 4. The van der Waals surface area contributed by atoms with E-state index in [-0.39, 0.29) is 5.91 Å². The number of pyridine rings is 1. The van der Waals surface area contributed by atoms with Crippen LogP contribution in [-0.4, -0.2) is 52.0 Å². The number of carbonyl (C=O) groups excluding carboxylic acids is 1. The Labute approximate surface area is 183 Å². The minimum absolute atomic E-state index is 0.0110. The molecule has 2 saturated heterocycles. The highest BCUT2D eigenvalue weighted by atomic mass is 16.5. The number of rotatable bonds is 4. The molecule has 1 aromatic carbocycles. The normalized spacial score (nSPS) is 20.9. The van der Waals surface area contributed by atoms with E-state index < -0.39 is 0 Å². The number of hydrogen-bond donors (Lipinski definition) is 0. The van der Waals surface area contributed by atoms with Crippen LogP contribution >= 0.6 is 0 Å². The minimum atomic E-state index is -0.0110. The maximum Gasteiger partial charge on any atom is 0.292 e. The summed E-state index contributed by atoms with van der Waals surface area (Å²) in [6, 6.07) is 12.5. The highest BCUT2D eigenvalue weighted by Gasteiger charge is 2.28. The first-order chi connectivity index (χ1) is 15.2. The van der Waals surface area contributed by atoms with Gasteiger partial charge in [-0.2, -0.15) is 0 Å². The Kier molecular flexibility index (Phi) is 5.72. The largest absolute Gasteiger partial charge is 0.351 e. The Morgan fingerprint density at radius 2 is 2.00 bits per heavy atom. The van der Waals surface area contributed by atoms with Crippen molar-refractivity contribution in [2.45, 2.75) is 45.1 Å². The predicted molar refractivity (Wildman–Crippen MR) is 120 cm³/mol. The van der Waals surface area contributed by atoms with Crippen molar-refractivity contribution in [1.82, 2.24) is 19.9 Å². The molecule has 0 N–H and O–H groups in total. The second-order valence-electron chi connectivity index (χ2n) is 9.20. The number of amides is 1. The van der Waals surface area contributed by atoms with Crippen LogP contribution in [0.2, 0.25) is 0 Å². The molecule has 31 heavy (non-hydrogen) atoms. The average molecular weight is 419 g/mol. The van der Waals surface area contributed by atoms with E-state index >= 15 is 0 Å². The van der Waals surface area contributed by atoms with Crippen molar-refractivity contribution in [1.29, 1.82) is 0 Å². The molecule has 5 rings (SSSR count). The van der Waals surface area contributed by atoms with Crippen LogP contribution in [0.1, 0.15) is 60.3 Å². The molecule has 0 saturated carbocycles. The van der Waals surface area contributed by atoms with Gasteiger partial charge in [-0.1, -0.05) is 24.2 Å². The lowest BCUT2D eigenvalue weighted by molar-refractivity contribution is 0.0655. The molecule has 1 atom stereocenters. The van der Waals surface area contributed by atoms with Crippen LogP contribution in [0.15, 0.2) is 47.1 Å². The number of likely N-dealkylation sites (tertiary alicyclic amines) is 2. The molecule has 162 valence electrons. The van der Waals surface area contributed by atoms with Gasteiger partial charge in [-0.05, 0) is 61.9 Å². The SMILES string of the molecule is CC1CCN(C(=O)c2cc([C@H]3CCCN(Cc4ccc5ncccc5c4)C3)no2)CC1. The average Bonchev–Trinajstić information content (AvgIpc) is 3.30. The highest BCUT2D eigenvalue weighted by molar-refractivity contribution is 5.91. The number of hydrogen-bond acceptors (Lipinski definition) is 5. The first-order valence-electron chi connectivity index (χ1n) is 11.5. The molecular formula is C25H30N4O2. The third-order valence-electron chi connectivity index (χ3n) is 6.81. The van der Waals surface area contributed by atoms with E-state index in [1.807, 2.05) is 23.2 Å². The molecule has 2 aliphatic heterocycles. The monoisotopic (exact) mass is 418 g/mol. The topological polar surface area (TPSA) is 62.5 Å². The summed E-state index contributed by atoms with van der Waals surface area (Å²) >= 11 is 0. The van der Waals surface area contributed by atoms with Crippen LogP contribution in [0.3, 0.4) is 0 Å². The summed E-state index contributed by atoms with van der Waals surface area (Å²) in [5.74, 6) is 1.38. The van der Waals surface area contributed by atoms with Crippen LogP contribution < -0.4 is 0 Å². The second kappa shape index (κ2) is 8.79. The second-order valence-corrected chi connectivity index (χ2v) is 9.20. The smallest absolute Gasteiger partial charge is 0.292 e. The molecule has 2 aliphatic rings. The molecule has 3 aromatic rings. The van der Waals surface area contributed by atoms with E-state index in [9.17, 15) is 4.79 Å². The van der Waals surface area contributed by atoms with Gasteiger partial charge in [-0.15, -0.1) is 0 Å². The van der Waals surface area contributed by atoms with Crippen LogP contribution in [0, 0.1) is 5.92 Å². The van der Waals surface area contributed by atoms with Crippen molar-refractivity contribution in [2.24, 2.45) is 5.92 Å². The molecule has 0 unspecified atom stereocenters. The highest BCUT2D eigenvalue weighted by Crippen LogP contribution is 2.28. The van der Waals surface area contributed by atoms with E-state index in [0.717, 1.165) is 69.6 Å². The van der Waals surface area contributed by atoms with Crippen LogP contribution in [0.4, 0.5) is 0 Å². The van der Waals surface area contributed by atoms with Gasteiger partial charge in [0, 0.05) is 49.7 Å². The Morgan fingerprint density at radius 1 is 1.13 bits per heavy atom. The number of carbonyl (C=O) groups is 1. The van der Waals surface area contributed by atoms with Gasteiger partial charge in [0.15, 0.2) is 0 Å². The summed E-state index contributed by atoms with van der Waals surface area (Å²) in [7, 11) is 0. The molecule has 2 aromatic heterocycles. The molecule has 6 heteroatoms. The summed E-state index contributed by atoms with van der Waals surface area (Å²) in [6.45, 7) is 6.81. The molecule has 0 aliphatic carbocycles. The van der Waals surface area contributed by atoms with Gasteiger partial charge in [0.2, 0.25) is 5.76 Å². The zero-order valence-corrected chi connectivity index (χ0v) is 18.2. The van der Waals surface area contributed by atoms with Crippen molar-refractivity contribution >= 4 is 16.8 Å². The van der Waals surface area contributed by atoms with Crippen molar-refractivity contribution in [3.63, 3.8) is 0 Å². The molecule has 2 fully saturated rings. The molecule has 0 spiro atoms. The van der Waals surface area contributed by atoms with Crippen LogP contribution in [0.5, 0.6) is 0 Å². The van der Waals surface area contributed by atoms with Crippen LogP contribution in [0.25, 0.3) is 10.9 Å². The summed E-state index contributed by atoms with van der Waals surface area (Å²) < 4.78 is 5.49. The first-order valence-corrected chi connectivity index (χ1v) is 11.5. The molecular weight excluding hydrogens is 388 g/mol. The van der Waals surface area contributed by atoms with Gasteiger partial charge < -0.3 is 9.42 Å².